The number of nitro benzene ring substituents is 1. The van der Waals surface area contributed by atoms with E-state index in [9.17, 15) is 14.9 Å². The molecule has 2 fully saturated rings. The van der Waals surface area contributed by atoms with Gasteiger partial charge in [-0.25, -0.2) is 0 Å². The van der Waals surface area contributed by atoms with Crippen molar-refractivity contribution in [3.63, 3.8) is 0 Å². The van der Waals surface area contributed by atoms with Gasteiger partial charge in [0.1, 0.15) is 5.56 Å². The number of nitrogens with zero attached hydrogens (tertiary/aromatic N) is 2. The largest absolute Gasteiger partial charge is 0.352 e. The molecule has 0 aromatic heterocycles. The lowest BCUT2D eigenvalue weighted by Crippen LogP contribution is -2.42. The average Bonchev–Trinajstić information content (AvgIpc) is 3.14. The van der Waals surface area contributed by atoms with Crippen LogP contribution in [0.4, 0.5) is 5.69 Å². The van der Waals surface area contributed by atoms with Gasteiger partial charge in [-0.3, -0.25) is 14.9 Å². The number of benzene rings is 1. The Bertz CT molecular complexity index is 591. The van der Waals surface area contributed by atoms with Crippen LogP contribution in [0.25, 0.3) is 0 Å². The van der Waals surface area contributed by atoms with Gasteiger partial charge in [0.05, 0.1) is 4.92 Å². The molecule has 130 valence electrons. The number of rotatable bonds is 5. The molecule has 1 N–H and O–H groups in total. The maximum absolute atomic E-state index is 12.3. The zero-order chi connectivity index (χ0) is 16.9. The molecular weight excluding hydrogens is 306 g/mol. The van der Waals surface area contributed by atoms with Gasteiger partial charge in [0.15, 0.2) is 0 Å². The molecule has 1 aliphatic carbocycles. The Morgan fingerprint density at radius 3 is 2.50 bits per heavy atom. The summed E-state index contributed by atoms with van der Waals surface area (Å²) in [6, 6.07) is 6.88. The SMILES string of the molecule is O=C(NCC1CCN(C2CCCC2)CC1)c1ccccc1[N+](=O)[O-]. The summed E-state index contributed by atoms with van der Waals surface area (Å²) in [6.07, 6.45) is 7.56. The lowest BCUT2D eigenvalue weighted by molar-refractivity contribution is -0.385. The molecule has 0 spiro atoms. The second-order valence-corrected chi connectivity index (χ2v) is 6.90. The molecule has 1 aromatic rings. The lowest BCUT2D eigenvalue weighted by Gasteiger charge is -2.36. The fourth-order valence-corrected chi connectivity index (χ4v) is 3.95. The summed E-state index contributed by atoms with van der Waals surface area (Å²) in [6.45, 7) is 2.82. The number of amides is 1. The van der Waals surface area contributed by atoms with Crippen molar-refractivity contribution in [1.29, 1.82) is 0 Å². The second-order valence-electron chi connectivity index (χ2n) is 6.90. The Balaban J connectivity index is 1.48. The van der Waals surface area contributed by atoms with Gasteiger partial charge >= 0.3 is 0 Å². The van der Waals surface area contributed by atoms with E-state index >= 15 is 0 Å². The molecule has 1 heterocycles. The molecule has 2 aliphatic rings. The van der Waals surface area contributed by atoms with Crippen LogP contribution >= 0.6 is 0 Å². The van der Waals surface area contributed by atoms with Gasteiger partial charge in [-0.15, -0.1) is 0 Å². The van der Waals surface area contributed by atoms with Crippen molar-refractivity contribution >= 4 is 11.6 Å². The number of nitro groups is 1. The average molecular weight is 331 g/mol. The molecule has 0 bridgehead atoms. The highest BCUT2D eigenvalue weighted by molar-refractivity contribution is 5.98. The smallest absolute Gasteiger partial charge is 0.282 e. The van der Waals surface area contributed by atoms with Crippen LogP contribution in [-0.4, -0.2) is 41.4 Å². The third kappa shape index (κ3) is 3.93. The highest BCUT2D eigenvalue weighted by Gasteiger charge is 2.27. The van der Waals surface area contributed by atoms with Crippen LogP contribution in [0.2, 0.25) is 0 Å². The first kappa shape index (κ1) is 16.9. The van der Waals surface area contributed by atoms with Crippen LogP contribution in [0.1, 0.15) is 48.9 Å². The molecule has 1 saturated heterocycles. The van der Waals surface area contributed by atoms with Crippen molar-refractivity contribution < 1.29 is 9.72 Å². The van der Waals surface area contributed by atoms with Gasteiger partial charge in [0.2, 0.25) is 0 Å². The van der Waals surface area contributed by atoms with Crippen molar-refractivity contribution in [3.8, 4) is 0 Å². The molecule has 0 radical (unpaired) electrons. The number of para-hydroxylation sites is 1. The van der Waals surface area contributed by atoms with Gasteiger partial charge in [0, 0.05) is 18.7 Å². The maximum atomic E-state index is 12.3. The summed E-state index contributed by atoms with van der Waals surface area (Å²) in [5, 5.41) is 13.9. The normalized spacial score (nSPS) is 20.2. The van der Waals surface area contributed by atoms with Gasteiger partial charge < -0.3 is 10.2 Å². The van der Waals surface area contributed by atoms with Crippen LogP contribution in [0.3, 0.4) is 0 Å². The number of carbonyl (C=O) groups excluding carboxylic acids is 1. The van der Waals surface area contributed by atoms with E-state index in [4.69, 9.17) is 0 Å². The van der Waals surface area contributed by atoms with E-state index in [1.54, 1.807) is 12.1 Å². The summed E-state index contributed by atoms with van der Waals surface area (Å²) in [4.78, 5) is 25.4. The van der Waals surface area contributed by atoms with Crippen LogP contribution in [0, 0.1) is 16.0 Å². The van der Waals surface area contributed by atoms with E-state index in [0.29, 0.717) is 12.5 Å². The molecule has 1 aromatic carbocycles. The third-order valence-electron chi connectivity index (χ3n) is 5.39. The first-order chi connectivity index (χ1) is 11.6. The van der Waals surface area contributed by atoms with Crippen molar-refractivity contribution in [2.45, 2.75) is 44.6 Å². The molecule has 6 heteroatoms. The first-order valence-electron chi connectivity index (χ1n) is 8.91. The fourth-order valence-electron chi connectivity index (χ4n) is 3.95. The van der Waals surface area contributed by atoms with E-state index in [1.807, 2.05) is 0 Å². The highest BCUT2D eigenvalue weighted by atomic mass is 16.6. The Morgan fingerprint density at radius 1 is 1.17 bits per heavy atom. The zero-order valence-corrected chi connectivity index (χ0v) is 13.9. The third-order valence-corrected chi connectivity index (χ3v) is 5.39. The predicted octanol–water partition coefficient (Wildman–Crippen LogP) is 2.98. The van der Waals surface area contributed by atoms with Crippen molar-refractivity contribution in [3.05, 3.63) is 39.9 Å². The van der Waals surface area contributed by atoms with Crippen molar-refractivity contribution in [1.82, 2.24) is 10.2 Å². The summed E-state index contributed by atoms with van der Waals surface area (Å²) < 4.78 is 0. The number of carbonyl (C=O) groups is 1. The molecule has 1 amide bonds. The number of likely N-dealkylation sites (tertiary alicyclic amines) is 1. The number of nitrogens with one attached hydrogen (secondary N) is 1. The molecule has 1 saturated carbocycles. The zero-order valence-electron chi connectivity index (χ0n) is 13.9. The van der Waals surface area contributed by atoms with Crippen molar-refractivity contribution in [2.24, 2.45) is 5.92 Å². The molecule has 3 rings (SSSR count). The second kappa shape index (κ2) is 7.75. The summed E-state index contributed by atoms with van der Waals surface area (Å²) in [7, 11) is 0. The number of hydrogen-bond donors (Lipinski definition) is 1. The van der Waals surface area contributed by atoms with Gasteiger partial charge in [-0.1, -0.05) is 25.0 Å². The van der Waals surface area contributed by atoms with Crippen molar-refractivity contribution in [2.75, 3.05) is 19.6 Å². The topological polar surface area (TPSA) is 75.5 Å². The monoisotopic (exact) mass is 331 g/mol. The quantitative estimate of drug-likeness (QED) is 0.665. The lowest BCUT2D eigenvalue weighted by atomic mass is 9.95. The van der Waals surface area contributed by atoms with E-state index in [2.05, 4.69) is 10.2 Å². The summed E-state index contributed by atoms with van der Waals surface area (Å²) >= 11 is 0. The Morgan fingerprint density at radius 2 is 1.83 bits per heavy atom. The predicted molar refractivity (Wildman–Crippen MR) is 92.0 cm³/mol. The van der Waals surface area contributed by atoms with Crippen LogP contribution in [-0.2, 0) is 0 Å². The van der Waals surface area contributed by atoms with E-state index in [0.717, 1.165) is 32.0 Å². The Hall–Kier alpha value is -1.95. The first-order valence-corrected chi connectivity index (χ1v) is 8.91. The van der Waals surface area contributed by atoms with Crippen LogP contribution in [0.15, 0.2) is 24.3 Å². The van der Waals surface area contributed by atoms with Crippen LogP contribution < -0.4 is 5.32 Å². The molecular formula is C18H25N3O3. The van der Waals surface area contributed by atoms with E-state index in [1.165, 1.54) is 37.8 Å². The molecule has 24 heavy (non-hydrogen) atoms. The molecule has 0 atom stereocenters. The Labute approximate surface area is 142 Å². The highest BCUT2D eigenvalue weighted by Crippen LogP contribution is 2.27. The fraction of sp³-hybridized carbons (Fsp3) is 0.611. The van der Waals surface area contributed by atoms with E-state index < -0.39 is 4.92 Å². The molecule has 0 unspecified atom stereocenters. The summed E-state index contributed by atoms with van der Waals surface area (Å²) in [5.41, 5.74) is 0.0111. The van der Waals surface area contributed by atoms with E-state index in [-0.39, 0.29) is 17.2 Å². The summed E-state index contributed by atoms with van der Waals surface area (Å²) in [5.74, 6) is 0.120. The standard InChI is InChI=1S/C18H25N3O3/c22-18(16-7-3-4-8-17(16)21(23)24)19-13-14-9-11-20(12-10-14)15-5-1-2-6-15/h3-4,7-8,14-15H,1-2,5-6,9-13H2,(H,19,22). The Kier molecular flexibility index (Phi) is 5.45. The maximum Gasteiger partial charge on any atom is 0.282 e. The molecule has 6 nitrogen and oxygen atoms in total. The van der Waals surface area contributed by atoms with Gasteiger partial charge in [-0.05, 0) is 50.8 Å². The van der Waals surface area contributed by atoms with Gasteiger partial charge in [-0.2, -0.15) is 0 Å². The van der Waals surface area contributed by atoms with Crippen LogP contribution in [0.5, 0.6) is 0 Å². The molecule has 1 aliphatic heterocycles. The minimum atomic E-state index is -0.505. The minimum absolute atomic E-state index is 0.133. The number of piperidine rings is 1. The minimum Gasteiger partial charge on any atom is -0.352 e. The van der Waals surface area contributed by atoms with Gasteiger partial charge in [0.25, 0.3) is 11.6 Å². The number of hydrogen-bond acceptors (Lipinski definition) is 4.